The van der Waals surface area contributed by atoms with E-state index in [1.165, 1.54) is 18.4 Å². The topological polar surface area (TPSA) is 41.1 Å². The van der Waals surface area contributed by atoms with Gasteiger partial charge in [0.1, 0.15) is 0 Å². The van der Waals surface area contributed by atoms with E-state index in [0.29, 0.717) is 11.8 Å². The lowest BCUT2D eigenvalue weighted by molar-refractivity contribution is -0.118. The van der Waals surface area contributed by atoms with Gasteiger partial charge in [-0.1, -0.05) is 26.0 Å². The van der Waals surface area contributed by atoms with Crippen LogP contribution in [0.25, 0.3) is 0 Å². The number of carbonyl (C=O) groups excluding carboxylic acids is 1. The molecular weight excluding hydrogens is 268 g/mol. The van der Waals surface area contributed by atoms with Crippen LogP contribution in [0.2, 0.25) is 0 Å². The molecule has 0 radical (unpaired) electrons. The molecule has 0 aliphatic heterocycles. The van der Waals surface area contributed by atoms with E-state index in [4.69, 9.17) is 0 Å². The van der Waals surface area contributed by atoms with E-state index >= 15 is 0 Å². The summed E-state index contributed by atoms with van der Waals surface area (Å²) in [6.07, 6.45) is 2.55. The molecule has 0 atom stereocenters. The molecule has 1 aromatic rings. The third-order valence-electron chi connectivity index (χ3n) is 3.27. The van der Waals surface area contributed by atoms with Crippen molar-refractivity contribution >= 4 is 17.7 Å². The fourth-order valence-electron chi connectivity index (χ4n) is 1.85. The second-order valence-corrected chi connectivity index (χ2v) is 6.77. The van der Waals surface area contributed by atoms with Crippen molar-refractivity contribution in [3.8, 4) is 0 Å². The largest absolute Gasteiger partial charge is 0.355 e. The molecule has 110 valence electrons. The molecule has 1 amide bonds. The summed E-state index contributed by atoms with van der Waals surface area (Å²) < 4.78 is 0. The maximum absolute atomic E-state index is 11.7. The first-order valence-corrected chi connectivity index (χ1v) is 8.34. The van der Waals surface area contributed by atoms with E-state index in [0.717, 1.165) is 23.9 Å². The molecule has 1 aromatic carbocycles. The van der Waals surface area contributed by atoms with Gasteiger partial charge in [-0.05, 0) is 36.5 Å². The molecule has 1 saturated carbocycles. The van der Waals surface area contributed by atoms with Crippen LogP contribution in [-0.4, -0.2) is 24.2 Å². The summed E-state index contributed by atoms with van der Waals surface area (Å²) in [6.45, 7) is 6.02. The number of hydrogen-bond donors (Lipinski definition) is 2. The molecule has 20 heavy (non-hydrogen) atoms. The lowest BCUT2D eigenvalue weighted by atomic mass is 10.2. The van der Waals surface area contributed by atoms with Crippen LogP contribution in [0.3, 0.4) is 0 Å². The number of hydrogen-bond acceptors (Lipinski definition) is 3. The van der Waals surface area contributed by atoms with E-state index in [1.54, 1.807) is 11.8 Å². The van der Waals surface area contributed by atoms with E-state index in [-0.39, 0.29) is 5.91 Å². The SMILES string of the molecule is CC(C)NCc1cccc(SCC(=O)NCC2CC2)c1. The monoisotopic (exact) mass is 292 g/mol. The molecule has 0 heterocycles. The van der Waals surface area contributed by atoms with Crippen LogP contribution in [0.4, 0.5) is 0 Å². The quantitative estimate of drug-likeness (QED) is 0.724. The van der Waals surface area contributed by atoms with Gasteiger partial charge in [0.2, 0.25) is 5.91 Å². The Kier molecular flexibility index (Phi) is 5.92. The summed E-state index contributed by atoms with van der Waals surface area (Å²) in [4.78, 5) is 12.9. The van der Waals surface area contributed by atoms with Crippen LogP contribution in [0.5, 0.6) is 0 Å². The van der Waals surface area contributed by atoms with Crippen molar-refractivity contribution < 1.29 is 4.79 Å². The highest BCUT2D eigenvalue weighted by Crippen LogP contribution is 2.27. The zero-order valence-corrected chi connectivity index (χ0v) is 13.1. The molecule has 1 aliphatic rings. The number of nitrogens with one attached hydrogen (secondary N) is 2. The first-order chi connectivity index (χ1) is 9.63. The molecular formula is C16H24N2OS. The average molecular weight is 292 g/mol. The predicted molar refractivity (Wildman–Crippen MR) is 84.9 cm³/mol. The minimum atomic E-state index is 0.146. The van der Waals surface area contributed by atoms with Crippen LogP contribution in [-0.2, 0) is 11.3 Å². The number of rotatable bonds is 8. The molecule has 0 spiro atoms. The van der Waals surface area contributed by atoms with Gasteiger partial charge in [-0.3, -0.25) is 4.79 Å². The summed E-state index contributed by atoms with van der Waals surface area (Å²) >= 11 is 1.61. The van der Waals surface area contributed by atoms with Gasteiger partial charge in [0.25, 0.3) is 0 Å². The molecule has 0 saturated heterocycles. The molecule has 2 rings (SSSR count). The zero-order chi connectivity index (χ0) is 14.4. The van der Waals surface area contributed by atoms with Gasteiger partial charge in [0.15, 0.2) is 0 Å². The third-order valence-corrected chi connectivity index (χ3v) is 4.26. The molecule has 4 heteroatoms. The standard InChI is InChI=1S/C16H24N2OS/c1-12(2)17-10-14-4-3-5-15(8-14)20-11-16(19)18-9-13-6-7-13/h3-5,8,12-13,17H,6-7,9-11H2,1-2H3,(H,18,19). The minimum absolute atomic E-state index is 0.146. The molecule has 2 N–H and O–H groups in total. The number of carbonyl (C=O) groups is 1. The Hall–Kier alpha value is -1.00. The van der Waals surface area contributed by atoms with Crippen LogP contribution in [0.1, 0.15) is 32.3 Å². The fourth-order valence-corrected chi connectivity index (χ4v) is 2.66. The van der Waals surface area contributed by atoms with Crippen LogP contribution in [0.15, 0.2) is 29.2 Å². The van der Waals surface area contributed by atoms with Crippen LogP contribution in [0, 0.1) is 5.92 Å². The van der Waals surface area contributed by atoms with Crippen molar-refractivity contribution in [3.05, 3.63) is 29.8 Å². The lowest BCUT2D eigenvalue weighted by Crippen LogP contribution is -2.27. The highest BCUT2D eigenvalue weighted by molar-refractivity contribution is 8.00. The molecule has 0 aromatic heterocycles. The fraction of sp³-hybridized carbons (Fsp3) is 0.562. The van der Waals surface area contributed by atoms with Crippen molar-refractivity contribution in [3.63, 3.8) is 0 Å². The van der Waals surface area contributed by atoms with Gasteiger partial charge in [-0.15, -0.1) is 11.8 Å². The maximum atomic E-state index is 11.7. The molecule has 0 unspecified atom stereocenters. The Morgan fingerprint density at radius 3 is 2.90 bits per heavy atom. The summed E-state index contributed by atoms with van der Waals surface area (Å²) in [5.41, 5.74) is 1.27. The first-order valence-electron chi connectivity index (χ1n) is 7.35. The predicted octanol–water partition coefficient (Wildman–Crippen LogP) is 2.80. The molecule has 1 aliphatic carbocycles. The Balaban J connectivity index is 1.73. The molecule has 1 fully saturated rings. The second kappa shape index (κ2) is 7.70. The smallest absolute Gasteiger partial charge is 0.230 e. The van der Waals surface area contributed by atoms with Gasteiger partial charge >= 0.3 is 0 Å². The summed E-state index contributed by atoms with van der Waals surface area (Å²) in [6, 6.07) is 8.89. The van der Waals surface area contributed by atoms with E-state index in [1.807, 2.05) is 0 Å². The summed E-state index contributed by atoms with van der Waals surface area (Å²) in [5, 5.41) is 6.40. The molecule has 3 nitrogen and oxygen atoms in total. The van der Waals surface area contributed by atoms with Crippen molar-refractivity contribution in [1.29, 1.82) is 0 Å². The third kappa shape index (κ3) is 5.97. The number of amides is 1. The van der Waals surface area contributed by atoms with Gasteiger partial charge < -0.3 is 10.6 Å². The normalized spacial score (nSPS) is 14.6. The van der Waals surface area contributed by atoms with Gasteiger partial charge in [-0.25, -0.2) is 0 Å². The maximum Gasteiger partial charge on any atom is 0.230 e. The Morgan fingerprint density at radius 1 is 1.40 bits per heavy atom. The highest BCUT2D eigenvalue weighted by atomic mass is 32.2. The summed E-state index contributed by atoms with van der Waals surface area (Å²) in [5.74, 6) is 1.40. The van der Waals surface area contributed by atoms with Gasteiger partial charge in [0, 0.05) is 24.0 Å². The number of benzene rings is 1. The van der Waals surface area contributed by atoms with Gasteiger partial charge in [0.05, 0.1) is 5.75 Å². The van der Waals surface area contributed by atoms with Crippen molar-refractivity contribution in [2.45, 2.75) is 44.2 Å². The Bertz CT molecular complexity index is 444. The zero-order valence-electron chi connectivity index (χ0n) is 12.3. The summed E-state index contributed by atoms with van der Waals surface area (Å²) in [7, 11) is 0. The van der Waals surface area contributed by atoms with Crippen molar-refractivity contribution in [2.75, 3.05) is 12.3 Å². The second-order valence-electron chi connectivity index (χ2n) is 5.72. The Morgan fingerprint density at radius 2 is 2.20 bits per heavy atom. The van der Waals surface area contributed by atoms with Crippen molar-refractivity contribution in [2.24, 2.45) is 5.92 Å². The van der Waals surface area contributed by atoms with Crippen LogP contribution >= 0.6 is 11.8 Å². The van der Waals surface area contributed by atoms with E-state index in [9.17, 15) is 4.79 Å². The highest BCUT2D eigenvalue weighted by Gasteiger charge is 2.21. The first kappa shape index (κ1) is 15.4. The minimum Gasteiger partial charge on any atom is -0.355 e. The van der Waals surface area contributed by atoms with E-state index < -0.39 is 0 Å². The van der Waals surface area contributed by atoms with E-state index in [2.05, 4.69) is 48.7 Å². The average Bonchev–Trinajstić information content (AvgIpc) is 3.25. The van der Waals surface area contributed by atoms with Crippen LogP contribution < -0.4 is 10.6 Å². The lowest BCUT2D eigenvalue weighted by Gasteiger charge is -2.09. The Labute approximate surface area is 125 Å². The van der Waals surface area contributed by atoms with Crippen molar-refractivity contribution in [1.82, 2.24) is 10.6 Å². The van der Waals surface area contributed by atoms with Gasteiger partial charge in [-0.2, -0.15) is 0 Å². The molecule has 0 bridgehead atoms. The number of thioether (sulfide) groups is 1.